The number of carbonyl (C=O) groups is 1. The van der Waals surface area contributed by atoms with Gasteiger partial charge < -0.3 is 16.3 Å². The molecule has 4 N–H and O–H groups in total. The van der Waals surface area contributed by atoms with Crippen LogP contribution < -0.4 is 11.1 Å². The molecule has 0 aliphatic heterocycles. The molecule has 21 heavy (non-hydrogen) atoms. The van der Waals surface area contributed by atoms with E-state index in [4.69, 9.17) is 10.9 Å². The third kappa shape index (κ3) is 3.15. The highest BCUT2D eigenvalue weighted by Crippen LogP contribution is 2.32. The molecule has 0 spiro atoms. The molecule has 0 heterocycles. The molecule has 114 valence electrons. The first-order chi connectivity index (χ1) is 9.98. The zero-order chi connectivity index (χ0) is 15.5. The zero-order valence-corrected chi connectivity index (χ0v) is 12.0. The van der Waals surface area contributed by atoms with Crippen molar-refractivity contribution in [3.8, 4) is 0 Å². The average molecular weight is 293 g/mol. The first kappa shape index (κ1) is 15.3. The van der Waals surface area contributed by atoms with Crippen LogP contribution >= 0.6 is 0 Å². The van der Waals surface area contributed by atoms with E-state index in [0.29, 0.717) is 18.8 Å². The molecule has 0 aromatic heterocycles. The lowest BCUT2D eigenvalue weighted by molar-refractivity contribution is 0.0893. The van der Waals surface area contributed by atoms with Gasteiger partial charge in [0, 0.05) is 0 Å². The maximum absolute atomic E-state index is 13.7. The maximum Gasteiger partial charge on any atom is 0.255 e. The van der Waals surface area contributed by atoms with Crippen LogP contribution in [0, 0.1) is 11.7 Å². The summed E-state index contributed by atoms with van der Waals surface area (Å²) in [5.74, 6) is -0.642. The Morgan fingerprint density at radius 1 is 1.43 bits per heavy atom. The first-order valence-corrected chi connectivity index (χ1v) is 7.03. The van der Waals surface area contributed by atoms with Gasteiger partial charge in [-0.3, -0.25) is 4.79 Å². The largest absolute Gasteiger partial charge is 0.409 e. The quantitative estimate of drug-likeness (QED) is 0.346. The standard InChI is InChI=1S/C15H20FN3O2/c1-10-6-8-15(9-7-10,14(17)19-21)18-13(20)11-4-2-3-5-12(11)16/h2-5,10,21H,6-9H2,1H3,(H2,17,19)(H,18,20). The fraction of sp³-hybridized carbons (Fsp3) is 0.467. The predicted octanol–water partition coefficient (Wildman–Crippen LogP) is 2.25. The average Bonchev–Trinajstić information content (AvgIpc) is 2.49. The van der Waals surface area contributed by atoms with E-state index in [-0.39, 0.29) is 11.4 Å². The van der Waals surface area contributed by atoms with E-state index >= 15 is 0 Å². The Morgan fingerprint density at radius 3 is 2.62 bits per heavy atom. The van der Waals surface area contributed by atoms with Crippen LogP contribution in [0.5, 0.6) is 0 Å². The highest BCUT2D eigenvalue weighted by molar-refractivity contribution is 6.00. The molecule has 5 nitrogen and oxygen atoms in total. The molecular weight excluding hydrogens is 273 g/mol. The van der Waals surface area contributed by atoms with Crippen LogP contribution in [0.4, 0.5) is 4.39 Å². The second kappa shape index (κ2) is 6.11. The topological polar surface area (TPSA) is 87.7 Å². The third-order valence-electron chi connectivity index (χ3n) is 4.20. The molecule has 1 saturated carbocycles. The molecule has 0 atom stereocenters. The van der Waals surface area contributed by atoms with Gasteiger partial charge in [0.25, 0.3) is 5.91 Å². The normalized spacial score (nSPS) is 26.4. The lowest BCUT2D eigenvalue weighted by atomic mass is 9.76. The number of nitrogens with two attached hydrogens (primary N) is 1. The van der Waals surface area contributed by atoms with Crippen molar-refractivity contribution in [3.05, 3.63) is 35.6 Å². The molecule has 1 fully saturated rings. The first-order valence-electron chi connectivity index (χ1n) is 7.03. The lowest BCUT2D eigenvalue weighted by Gasteiger charge is -2.39. The van der Waals surface area contributed by atoms with E-state index in [1.165, 1.54) is 18.2 Å². The summed E-state index contributed by atoms with van der Waals surface area (Å²) >= 11 is 0. The van der Waals surface area contributed by atoms with Gasteiger partial charge in [-0.25, -0.2) is 4.39 Å². The zero-order valence-electron chi connectivity index (χ0n) is 12.0. The van der Waals surface area contributed by atoms with Crippen LogP contribution in [0.25, 0.3) is 0 Å². The minimum atomic E-state index is -0.902. The number of halogens is 1. The van der Waals surface area contributed by atoms with Gasteiger partial charge in [-0.1, -0.05) is 24.2 Å². The second-order valence-electron chi connectivity index (χ2n) is 5.68. The fourth-order valence-electron chi connectivity index (χ4n) is 2.73. The monoisotopic (exact) mass is 293 g/mol. The molecule has 0 radical (unpaired) electrons. The van der Waals surface area contributed by atoms with Gasteiger partial charge >= 0.3 is 0 Å². The summed E-state index contributed by atoms with van der Waals surface area (Å²) in [4.78, 5) is 12.3. The van der Waals surface area contributed by atoms with Crippen LogP contribution in [0.3, 0.4) is 0 Å². The number of rotatable bonds is 3. The van der Waals surface area contributed by atoms with Crippen LogP contribution in [0.2, 0.25) is 0 Å². The van der Waals surface area contributed by atoms with Crippen molar-refractivity contribution in [2.24, 2.45) is 16.8 Å². The third-order valence-corrected chi connectivity index (χ3v) is 4.20. The fourth-order valence-corrected chi connectivity index (χ4v) is 2.73. The molecular formula is C15H20FN3O2. The summed E-state index contributed by atoms with van der Waals surface area (Å²) in [7, 11) is 0. The van der Waals surface area contributed by atoms with Gasteiger partial charge in [0.05, 0.1) is 5.56 Å². The molecule has 1 aliphatic rings. The van der Waals surface area contributed by atoms with Gasteiger partial charge in [0.1, 0.15) is 11.4 Å². The summed E-state index contributed by atoms with van der Waals surface area (Å²) in [5, 5.41) is 14.8. The summed E-state index contributed by atoms with van der Waals surface area (Å²) < 4.78 is 13.7. The molecule has 1 amide bonds. The highest BCUT2D eigenvalue weighted by Gasteiger charge is 2.40. The predicted molar refractivity (Wildman–Crippen MR) is 77.6 cm³/mol. The molecule has 0 bridgehead atoms. The van der Waals surface area contributed by atoms with Gasteiger partial charge in [0.2, 0.25) is 0 Å². The SMILES string of the molecule is CC1CCC(NC(=O)c2ccccc2F)(/C(N)=N/O)CC1. The molecule has 6 heteroatoms. The van der Waals surface area contributed by atoms with Crippen molar-refractivity contribution in [3.63, 3.8) is 0 Å². The van der Waals surface area contributed by atoms with Gasteiger partial charge in [-0.15, -0.1) is 0 Å². The van der Waals surface area contributed by atoms with Crippen LogP contribution in [-0.4, -0.2) is 22.5 Å². The second-order valence-corrected chi connectivity index (χ2v) is 5.68. The van der Waals surface area contributed by atoms with Crippen LogP contribution in [0.1, 0.15) is 43.0 Å². The molecule has 0 saturated heterocycles. The van der Waals surface area contributed by atoms with Crippen molar-refractivity contribution < 1.29 is 14.4 Å². The number of amidine groups is 1. The van der Waals surface area contributed by atoms with E-state index < -0.39 is 17.3 Å². The van der Waals surface area contributed by atoms with E-state index in [1.807, 2.05) is 0 Å². The van der Waals surface area contributed by atoms with E-state index in [1.54, 1.807) is 6.07 Å². The smallest absolute Gasteiger partial charge is 0.255 e. The van der Waals surface area contributed by atoms with E-state index in [0.717, 1.165) is 12.8 Å². The summed E-state index contributed by atoms with van der Waals surface area (Å²) in [6, 6.07) is 5.76. The number of oxime groups is 1. The minimum absolute atomic E-state index is 0.0286. The van der Waals surface area contributed by atoms with Crippen molar-refractivity contribution in [2.75, 3.05) is 0 Å². The molecule has 1 aliphatic carbocycles. The van der Waals surface area contributed by atoms with Gasteiger partial charge in [-0.05, 0) is 43.7 Å². The van der Waals surface area contributed by atoms with Crippen LogP contribution in [-0.2, 0) is 0 Å². The van der Waals surface area contributed by atoms with Crippen LogP contribution in [0.15, 0.2) is 29.4 Å². The minimum Gasteiger partial charge on any atom is -0.409 e. The Labute approximate surface area is 123 Å². The Balaban J connectivity index is 2.24. The molecule has 2 rings (SSSR count). The molecule has 1 aromatic rings. The Kier molecular flexibility index (Phi) is 4.45. The Morgan fingerprint density at radius 2 is 2.05 bits per heavy atom. The Bertz CT molecular complexity index is 552. The van der Waals surface area contributed by atoms with Crippen molar-refractivity contribution in [2.45, 2.75) is 38.1 Å². The van der Waals surface area contributed by atoms with Crippen molar-refractivity contribution in [1.82, 2.24) is 5.32 Å². The number of amides is 1. The number of carbonyl (C=O) groups excluding carboxylic acids is 1. The van der Waals surface area contributed by atoms with Crippen molar-refractivity contribution >= 4 is 11.7 Å². The number of hydrogen-bond donors (Lipinski definition) is 3. The number of nitrogens with one attached hydrogen (secondary N) is 1. The van der Waals surface area contributed by atoms with E-state index in [2.05, 4.69) is 17.4 Å². The molecule has 1 aromatic carbocycles. The van der Waals surface area contributed by atoms with E-state index in [9.17, 15) is 9.18 Å². The Hall–Kier alpha value is -2.11. The lowest BCUT2D eigenvalue weighted by Crippen LogP contribution is -2.59. The van der Waals surface area contributed by atoms with Crippen molar-refractivity contribution in [1.29, 1.82) is 0 Å². The molecule has 0 unspecified atom stereocenters. The number of hydrogen-bond acceptors (Lipinski definition) is 3. The highest BCUT2D eigenvalue weighted by atomic mass is 19.1. The summed E-state index contributed by atoms with van der Waals surface area (Å²) in [5.41, 5.74) is 4.84. The summed E-state index contributed by atoms with van der Waals surface area (Å²) in [6.07, 6.45) is 2.86. The maximum atomic E-state index is 13.7. The number of nitrogens with zero attached hydrogens (tertiary/aromatic N) is 1. The summed E-state index contributed by atoms with van der Waals surface area (Å²) in [6.45, 7) is 2.12. The number of benzene rings is 1. The van der Waals surface area contributed by atoms with Gasteiger partial charge in [-0.2, -0.15) is 0 Å². The van der Waals surface area contributed by atoms with Gasteiger partial charge in [0.15, 0.2) is 5.84 Å².